The first-order chi connectivity index (χ1) is 18.4. The summed E-state index contributed by atoms with van der Waals surface area (Å²) < 4.78 is 8.91. The van der Waals surface area contributed by atoms with Crippen molar-refractivity contribution in [1.82, 2.24) is 19.3 Å². The summed E-state index contributed by atoms with van der Waals surface area (Å²) in [6.45, 7) is 14.6. The van der Waals surface area contributed by atoms with Crippen LogP contribution in [0.3, 0.4) is 0 Å². The fourth-order valence-corrected chi connectivity index (χ4v) is 7.39. The number of fused-ring (bicyclic) bond motifs is 4. The topological polar surface area (TPSA) is 79.7 Å². The molecule has 2 aliphatic rings. The average Bonchev–Trinajstić information content (AvgIpc) is 3.61. The number of imidazole rings is 1. The second-order valence-corrected chi connectivity index (χ2v) is 17.6. The van der Waals surface area contributed by atoms with Crippen molar-refractivity contribution in [2.45, 2.75) is 90.2 Å². The molecule has 2 aromatic carbocycles. The Balaban J connectivity index is 1.40. The number of rotatable bonds is 4. The first-order valence-corrected chi connectivity index (χ1v) is 16.9. The van der Waals surface area contributed by atoms with E-state index in [0.717, 1.165) is 36.2 Å². The van der Waals surface area contributed by atoms with E-state index in [2.05, 4.69) is 51.0 Å². The smallest absolute Gasteiger partial charge is 0.274 e. The second kappa shape index (κ2) is 9.17. The lowest BCUT2D eigenvalue weighted by atomic mass is 10.0. The van der Waals surface area contributed by atoms with Gasteiger partial charge in [0.15, 0.2) is 8.32 Å². The van der Waals surface area contributed by atoms with Gasteiger partial charge in [0.1, 0.15) is 11.3 Å². The molecule has 2 aromatic heterocycles. The molecule has 4 aromatic rings. The summed E-state index contributed by atoms with van der Waals surface area (Å²) in [5.41, 5.74) is 5.73. The Kier molecular flexibility index (Phi) is 6.11. The Hall–Kier alpha value is -3.23. The van der Waals surface area contributed by atoms with Gasteiger partial charge in [0, 0.05) is 24.6 Å². The third-order valence-electron chi connectivity index (χ3n) is 9.25. The molecule has 3 heterocycles. The van der Waals surface area contributed by atoms with Crippen molar-refractivity contribution in [2.24, 2.45) is 0 Å². The van der Waals surface area contributed by atoms with Crippen LogP contribution in [0.1, 0.15) is 78.8 Å². The van der Waals surface area contributed by atoms with E-state index in [9.17, 15) is 9.59 Å². The number of benzene rings is 2. The van der Waals surface area contributed by atoms with Gasteiger partial charge in [-0.15, -0.1) is 0 Å². The highest BCUT2D eigenvalue weighted by atomic mass is 28.4. The molecule has 1 N–H and O–H groups in total. The first kappa shape index (κ1) is 26.0. The van der Waals surface area contributed by atoms with Gasteiger partial charge in [-0.25, -0.2) is 4.98 Å². The first-order valence-electron chi connectivity index (χ1n) is 14.0. The third kappa shape index (κ3) is 4.34. The lowest BCUT2D eigenvalue weighted by Gasteiger charge is -2.39. The highest BCUT2D eigenvalue weighted by molar-refractivity contribution is 6.74. The normalized spacial score (nSPS) is 19.8. The SMILES string of the molecule is Cc1cc2c(cc1C(=O)N1Cc3ccccc3C1)[nH]c(=O)c1cnc(C3CCCC3O[Si](C)(C)C(C)(C)C)n12. The van der Waals surface area contributed by atoms with Crippen LogP contribution in [0.2, 0.25) is 18.1 Å². The molecule has 39 heavy (non-hydrogen) atoms. The summed E-state index contributed by atoms with van der Waals surface area (Å²) >= 11 is 0. The van der Waals surface area contributed by atoms with E-state index in [1.807, 2.05) is 40.5 Å². The number of carbonyl (C=O) groups is 1. The molecule has 6 rings (SSSR count). The Labute approximate surface area is 230 Å². The molecule has 2 atom stereocenters. The van der Waals surface area contributed by atoms with Gasteiger partial charge in [-0.3, -0.25) is 14.0 Å². The van der Waals surface area contributed by atoms with Crippen LogP contribution in [0.25, 0.3) is 16.6 Å². The number of amides is 1. The van der Waals surface area contributed by atoms with Gasteiger partial charge in [-0.05, 0) is 66.7 Å². The van der Waals surface area contributed by atoms with Crippen LogP contribution in [0.4, 0.5) is 0 Å². The number of carbonyl (C=O) groups excluding carboxylic acids is 1. The van der Waals surface area contributed by atoms with Gasteiger partial charge in [0.05, 0.1) is 23.3 Å². The van der Waals surface area contributed by atoms with E-state index in [4.69, 9.17) is 9.41 Å². The van der Waals surface area contributed by atoms with Crippen LogP contribution in [-0.4, -0.2) is 39.6 Å². The maximum atomic E-state index is 13.6. The zero-order chi connectivity index (χ0) is 27.7. The lowest BCUT2D eigenvalue weighted by molar-refractivity contribution is 0.0751. The van der Waals surface area contributed by atoms with E-state index in [0.29, 0.717) is 29.7 Å². The molecule has 0 spiro atoms. The predicted molar refractivity (Wildman–Crippen MR) is 157 cm³/mol. The van der Waals surface area contributed by atoms with Gasteiger partial charge in [0.2, 0.25) is 0 Å². The number of H-pyrrole nitrogens is 1. The van der Waals surface area contributed by atoms with Crippen LogP contribution in [0.5, 0.6) is 0 Å². The van der Waals surface area contributed by atoms with Crippen molar-refractivity contribution in [3.63, 3.8) is 0 Å². The van der Waals surface area contributed by atoms with E-state index >= 15 is 0 Å². The van der Waals surface area contributed by atoms with Gasteiger partial charge in [-0.1, -0.05) is 51.5 Å². The van der Waals surface area contributed by atoms with Crippen molar-refractivity contribution in [1.29, 1.82) is 0 Å². The van der Waals surface area contributed by atoms with Crippen LogP contribution >= 0.6 is 0 Å². The molecular formula is C31H38N4O3Si. The lowest BCUT2D eigenvalue weighted by Crippen LogP contribution is -2.44. The molecule has 1 amide bonds. The molecule has 0 radical (unpaired) electrons. The van der Waals surface area contributed by atoms with E-state index < -0.39 is 8.32 Å². The van der Waals surface area contributed by atoms with Crippen molar-refractivity contribution >= 4 is 30.8 Å². The number of hydrogen-bond donors (Lipinski definition) is 1. The molecule has 1 fully saturated rings. The summed E-state index contributed by atoms with van der Waals surface area (Å²) in [5, 5.41) is 0.120. The number of nitrogens with one attached hydrogen (secondary N) is 1. The fraction of sp³-hybridized carbons (Fsp3) is 0.452. The monoisotopic (exact) mass is 542 g/mol. The number of hydrogen-bond acceptors (Lipinski definition) is 4. The molecule has 2 unspecified atom stereocenters. The third-order valence-corrected chi connectivity index (χ3v) is 13.8. The van der Waals surface area contributed by atoms with E-state index in [1.54, 1.807) is 6.20 Å². The maximum absolute atomic E-state index is 13.6. The highest BCUT2D eigenvalue weighted by Gasteiger charge is 2.43. The number of aromatic nitrogens is 3. The van der Waals surface area contributed by atoms with Crippen LogP contribution in [-0.2, 0) is 17.5 Å². The van der Waals surface area contributed by atoms with E-state index in [-0.39, 0.29) is 28.5 Å². The summed E-state index contributed by atoms with van der Waals surface area (Å²) in [6.07, 6.45) is 4.84. The summed E-state index contributed by atoms with van der Waals surface area (Å²) in [7, 11) is -1.97. The number of nitrogens with zero attached hydrogens (tertiary/aromatic N) is 3. The minimum Gasteiger partial charge on any atom is -0.413 e. The highest BCUT2D eigenvalue weighted by Crippen LogP contribution is 2.43. The van der Waals surface area contributed by atoms with Gasteiger partial charge in [0.25, 0.3) is 11.5 Å². The molecular weight excluding hydrogens is 504 g/mol. The molecule has 0 saturated heterocycles. The van der Waals surface area contributed by atoms with Crippen molar-refractivity contribution in [3.05, 3.63) is 81.0 Å². The minimum atomic E-state index is -1.97. The Morgan fingerprint density at radius 2 is 1.77 bits per heavy atom. The number of aryl methyl sites for hydroxylation is 1. The zero-order valence-electron chi connectivity index (χ0n) is 23.8. The van der Waals surface area contributed by atoms with Crippen molar-refractivity contribution in [3.8, 4) is 0 Å². The summed E-state index contributed by atoms with van der Waals surface area (Å²) in [6, 6.07) is 12.1. The van der Waals surface area contributed by atoms with Crippen LogP contribution < -0.4 is 5.56 Å². The quantitative estimate of drug-likeness (QED) is 0.307. The van der Waals surface area contributed by atoms with Crippen LogP contribution in [0, 0.1) is 6.92 Å². The Bertz CT molecular complexity index is 1640. The van der Waals surface area contributed by atoms with Gasteiger partial charge in [-0.2, -0.15) is 0 Å². The summed E-state index contributed by atoms with van der Waals surface area (Å²) in [4.78, 5) is 36.5. The average molecular weight is 543 g/mol. The van der Waals surface area contributed by atoms with Gasteiger partial charge < -0.3 is 14.3 Å². The molecule has 8 heteroatoms. The minimum absolute atomic E-state index is 0.0176. The second-order valence-electron chi connectivity index (χ2n) is 12.9. The molecule has 7 nitrogen and oxygen atoms in total. The molecule has 0 bridgehead atoms. The molecule has 1 aliphatic carbocycles. The Morgan fingerprint density at radius 3 is 2.44 bits per heavy atom. The number of aromatic amines is 1. The van der Waals surface area contributed by atoms with E-state index in [1.165, 1.54) is 11.1 Å². The molecule has 1 aliphatic heterocycles. The fourth-order valence-electron chi connectivity index (χ4n) is 6.00. The molecule has 1 saturated carbocycles. The van der Waals surface area contributed by atoms with Crippen LogP contribution in [0.15, 0.2) is 47.4 Å². The Morgan fingerprint density at radius 1 is 1.08 bits per heavy atom. The van der Waals surface area contributed by atoms with Gasteiger partial charge >= 0.3 is 0 Å². The standard InChI is InChI=1S/C31H38N4O3Si/c1-19-14-25-24(15-23(19)30(37)34-17-20-10-7-8-11-21(20)18-34)33-29(36)26-16-32-28(35(25)26)22-12-9-13-27(22)38-39(5,6)31(2,3)4/h7-8,10-11,14-16,22,27H,9,12-13,17-18H2,1-6H3,(H,33,36). The predicted octanol–water partition coefficient (Wildman–Crippen LogP) is 6.30. The summed E-state index contributed by atoms with van der Waals surface area (Å²) in [5.74, 6) is 0.989. The largest absolute Gasteiger partial charge is 0.413 e. The maximum Gasteiger partial charge on any atom is 0.274 e. The van der Waals surface area contributed by atoms with Crippen molar-refractivity contribution < 1.29 is 9.22 Å². The molecule has 204 valence electrons. The van der Waals surface area contributed by atoms with Crippen molar-refractivity contribution in [2.75, 3.05) is 0 Å². The zero-order valence-corrected chi connectivity index (χ0v) is 24.8.